The van der Waals surface area contributed by atoms with Crippen LogP contribution in [0.1, 0.15) is 12.2 Å². The summed E-state index contributed by atoms with van der Waals surface area (Å²) < 4.78 is 15.9. The van der Waals surface area contributed by atoms with Gasteiger partial charge in [-0.2, -0.15) is 0 Å². The minimum Gasteiger partial charge on any atom is -0.463 e. The molecule has 0 aliphatic rings. The van der Waals surface area contributed by atoms with E-state index >= 15 is 0 Å². The lowest BCUT2D eigenvalue weighted by atomic mass is 10.1. The molecule has 0 saturated heterocycles. The van der Waals surface area contributed by atoms with Gasteiger partial charge in [-0.1, -0.05) is 47.1 Å². The number of hydrogen-bond donors (Lipinski definition) is 0. The van der Waals surface area contributed by atoms with Crippen LogP contribution in [0.2, 0.25) is 5.15 Å². The molecular formula is C21H14ClNO5. The smallest absolute Gasteiger partial charge is 0.311 e. The van der Waals surface area contributed by atoms with Gasteiger partial charge in [0.05, 0.1) is 17.4 Å². The molecule has 0 atom stereocenters. The van der Waals surface area contributed by atoms with Crippen LogP contribution in [-0.4, -0.2) is 11.1 Å². The van der Waals surface area contributed by atoms with Crippen molar-refractivity contribution in [2.45, 2.75) is 12.8 Å². The fourth-order valence-corrected chi connectivity index (χ4v) is 2.96. The number of carbonyl (C=O) groups excluding carboxylic acids is 1. The van der Waals surface area contributed by atoms with Crippen molar-refractivity contribution < 1.29 is 18.5 Å². The van der Waals surface area contributed by atoms with Crippen LogP contribution in [0.3, 0.4) is 0 Å². The van der Waals surface area contributed by atoms with Gasteiger partial charge in [0.1, 0.15) is 23.4 Å². The van der Waals surface area contributed by atoms with Gasteiger partial charge in [-0.05, 0) is 17.7 Å². The van der Waals surface area contributed by atoms with E-state index in [9.17, 15) is 9.59 Å². The van der Waals surface area contributed by atoms with Gasteiger partial charge >= 0.3 is 5.97 Å². The Kier molecular flexibility index (Phi) is 4.95. The average Bonchev–Trinajstić information content (AvgIpc) is 3.12. The van der Waals surface area contributed by atoms with Gasteiger partial charge in [-0.15, -0.1) is 0 Å². The highest BCUT2D eigenvalue weighted by atomic mass is 35.5. The maximum atomic E-state index is 12.7. The van der Waals surface area contributed by atoms with Crippen molar-refractivity contribution in [3.63, 3.8) is 0 Å². The van der Waals surface area contributed by atoms with E-state index in [4.69, 9.17) is 25.3 Å². The van der Waals surface area contributed by atoms with Crippen LogP contribution >= 0.6 is 11.6 Å². The first-order chi connectivity index (χ1) is 13.6. The Labute approximate surface area is 164 Å². The van der Waals surface area contributed by atoms with E-state index in [0.29, 0.717) is 34.5 Å². The van der Waals surface area contributed by atoms with E-state index in [1.54, 1.807) is 18.2 Å². The third-order valence-corrected chi connectivity index (χ3v) is 4.35. The molecule has 0 saturated carbocycles. The molecule has 0 aliphatic heterocycles. The molecule has 0 aliphatic carbocycles. The fourth-order valence-electron chi connectivity index (χ4n) is 2.80. The van der Waals surface area contributed by atoms with Crippen molar-refractivity contribution in [1.29, 1.82) is 0 Å². The van der Waals surface area contributed by atoms with Crippen molar-refractivity contribution >= 4 is 28.5 Å². The molecule has 0 bridgehead atoms. The second kappa shape index (κ2) is 7.70. The third kappa shape index (κ3) is 3.82. The molecule has 0 radical (unpaired) electrons. The van der Waals surface area contributed by atoms with Gasteiger partial charge in [0, 0.05) is 18.6 Å². The first-order valence-corrected chi connectivity index (χ1v) is 8.91. The van der Waals surface area contributed by atoms with Gasteiger partial charge in [0.15, 0.2) is 10.6 Å². The second-order valence-electron chi connectivity index (χ2n) is 6.09. The molecule has 0 spiro atoms. The van der Waals surface area contributed by atoms with Crippen molar-refractivity contribution in [3.05, 3.63) is 82.0 Å². The highest BCUT2D eigenvalue weighted by Crippen LogP contribution is 2.23. The van der Waals surface area contributed by atoms with Gasteiger partial charge < -0.3 is 13.7 Å². The van der Waals surface area contributed by atoms with Crippen LogP contribution in [0.15, 0.2) is 74.6 Å². The van der Waals surface area contributed by atoms with Crippen LogP contribution in [0.25, 0.3) is 22.1 Å². The number of hydrogen-bond acceptors (Lipinski definition) is 6. The third-order valence-electron chi connectivity index (χ3n) is 4.17. The predicted octanol–water partition coefficient (Wildman–Crippen LogP) is 4.64. The van der Waals surface area contributed by atoms with Crippen LogP contribution < -0.4 is 10.2 Å². The Morgan fingerprint density at radius 1 is 1.11 bits per heavy atom. The molecule has 2 aromatic heterocycles. The number of fused-ring (bicyclic) bond motifs is 1. The summed E-state index contributed by atoms with van der Waals surface area (Å²) >= 11 is 5.67. The average molecular weight is 396 g/mol. The Balaban J connectivity index is 1.51. The van der Waals surface area contributed by atoms with Gasteiger partial charge in [-0.3, -0.25) is 9.59 Å². The highest BCUT2D eigenvalue weighted by Gasteiger charge is 2.12. The van der Waals surface area contributed by atoms with Crippen LogP contribution in [-0.2, 0) is 11.2 Å². The molecule has 2 aromatic carbocycles. The lowest BCUT2D eigenvalue weighted by Crippen LogP contribution is -2.09. The molecule has 0 fully saturated rings. The lowest BCUT2D eigenvalue weighted by molar-refractivity contribution is -0.134. The second-order valence-corrected chi connectivity index (χ2v) is 6.48. The zero-order chi connectivity index (χ0) is 19.5. The maximum Gasteiger partial charge on any atom is 0.311 e. The van der Waals surface area contributed by atoms with E-state index in [1.165, 1.54) is 12.3 Å². The van der Waals surface area contributed by atoms with Crippen LogP contribution in [0.4, 0.5) is 0 Å². The lowest BCUT2D eigenvalue weighted by Gasteiger charge is -2.06. The predicted molar refractivity (Wildman–Crippen MR) is 103 cm³/mol. The summed E-state index contributed by atoms with van der Waals surface area (Å²) in [6.45, 7) is 0. The molecule has 6 nitrogen and oxygen atoms in total. The zero-order valence-electron chi connectivity index (χ0n) is 14.6. The first kappa shape index (κ1) is 18.0. The first-order valence-electron chi connectivity index (χ1n) is 8.53. The van der Waals surface area contributed by atoms with E-state index in [1.807, 2.05) is 30.3 Å². The number of esters is 1. The number of aryl methyl sites for hydroxylation is 1. The van der Waals surface area contributed by atoms with Crippen molar-refractivity contribution in [2.75, 3.05) is 0 Å². The SMILES string of the molecule is O=C(CCc1cc(Cl)no1)Oc1ccc2c(=O)c(-c3ccccc3)coc2c1. The van der Waals surface area contributed by atoms with E-state index in [-0.39, 0.29) is 17.0 Å². The molecule has 0 N–H and O–H groups in total. The minimum absolute atomic E-state index is 0.0977. The summed E-state index contributed by atoms with van der Waals surface area (Å²) in [6.07, 6.45) is 1.83. The van der Waals surface area contributed by atoms with E-state index < -0.39 is 5.97 Å². The number of nitrogens with zero attached hydrogens (tertiary/aromatic N) is 1. The summed E-state index contributed by atoms with van der Waals surface area (Å²) in [5, 5.41) is 4.20. The molecule has 0 unspecified atom stereocenters. The number of benzene rings is 2. The Bertz CT molecular complexity index is 1200. The Hall–Kier alpha value is -3.38. The molecule has 4 aromatic rings. The summed E-state index contributed by atoms with van der Waals surface area (Å²) in [7, 11) is 0. The topological polar surface area (TPSA) is 82.5 Å². The summed E-state index contributed by atoms with van der Waals surface area (Å²) in [5.74, 6) is 0.346. The van der Waals surface area contributed by atoms with Gasteiger partial charge in [-0.25, -0.2) is 0 Å². The maximum absolute atomic E-state index is 12.7. The minimum atomic E-state index is -0.449. The molecule has 0 amide bonds. The van der Waals surface area contributed by atoms with Crippen molar-refractivity contribution in [1.82, 2.24) is 5.16 Å². The summed E-state index contributed by atoms with van der Waals surface area (Å²) in [5.41, 5.74) is 1.45. The largest absolute Gasteiger partial charge is 0.463 e. The monoisotopic (exact) mass is 395 g/mol. The van der Waals surface area contributed by atoms with E-state index in [0.717, 1.165) is 5.56 Å². The molecule has 4 rings (SSSR count). The van der Waals surface area contributed by atoms with Crippen molar-refractivity contribution in [2.24, 2.45) is 0 Å². The number of halogens is 1. The summed E-state index contributed by atoms with van der Waals surface area (Å²) in [4.78, 5) is 24.8. The number of rotatable bonds is 5. The molecule has 28 heavy (non-hydrogen) atoms. The standard InChI is InChI=1S/C21H14ClNO5/c22-19-11-15(28-23-19)7-9-20(24)27-14-6-8-16-18(10-14)26-12-17(21(16)25)13-4-2-1-3-5-13/h1-6,8,10-12H,7,9H2. The van der Waals surface area contributed by atoms with Gasteiger partial charge in [0.2, 0.25) is 0 Å². The molecular weight excluding hydrogens is 382 g/mol. The highest BCUT2D eigenvalue weighted by molar-refractivity contribution is 6.29. The zero-order valence-corrected chi connectivity index (χ0v) is 15.3. The summed E-state index contributed by atoms with van der Waals surface area (Å²) in [6, 6.07) is 15.5. The fraction of sp³-hybridized carbons (Fsp3) is 0.0952. The van der Waals surface area contributed by atoms with Crippen molar-refractivity contribution in [3.8, 4) is 16.9 Å². The molecule has 7 heteroatoms. The van der Waals surface area contributed by atoms with Gasteiger partial charge in [0.25, 0.3) is 0 Å². The molecule has 2 heterocycles. The number of ether oxygens (including phenoxy) is 1. The number of aromatic nitrogens is 1. The molecule has 140 valence electrons. The Morgan fingerprint density at radius 3 is 2.68 bits per heavy atom. The van der Waals surface area contributed by atoms with E-state index in [2.05, 4.69) is 5.16 Å². The quantitative estimate of drug-likeness (QED) is 0.361. The Morgan fingerprint density at radius 2 is 1.93 bits per heavy atom. The number of carbonyl (C=O) groups is 1. The van der Waals surface area contributed by atoms with Crippen LogP contribution in [0.5, 0.6) is 5.75 Å². The van der Waals surface area contributed by atoms with Crippen LogP contribution in [0, 0.1) is 0 Å². The normalized spacial score (nSPS) is 10.9.